The molecule has 0 aliphatic carbocycles. The minimum Gasteiger partial charge on any atom is -0.392 e. The zero-order valence-electron chi connectivity index (χ0n) is 10.1. The third-order valence-corrected chi connectivity index (χ3v) is 3.23. The summed E-state index contributed by atoms with van der Waals surface area (Å²) >= 11 is 0. The SMILES string of the molecule is CCC(O)(CC)CNC(C)(C)C(C)O. The van der Waals surface area contributed by atoms with Crippen LogP contribution in [-0.2, 0) is 0 Å². The summed E-state index contributed by atoms with van der Waals surface area (Å²) in [6, 6.07) is 0. The molecule has 0 heterocycles. The Hall–Kier alpha value is -0.120. The second kappa shape index (κ2) is 5.10. The summed E-state index contributed by atoms with van der Waals surface area (Å²) in [7, 11) is 0. The van der Waals surface area contributed by atoms with Crippen molar-refractivity contribution in [3.8, 4) is 0 Å². The van der Waals surface area contributed by atoms with Gasteiger partial charge in [0.25, 0.3) is 0 Å². The van der Waals surface area contributed by atoms with Crippen molar-refractivity contribution in [2.45, 2.75) is 64.7 Å². The summed E-state index contributed by atoms with van der Waals surface area (Å²) in [5.74, 6) is 0. The molecule has 3 heteroatoms. The highest BCUT2D eigenvalue weighted by atomic mass is 16.3. The fourth-order valence-corrected chi connectivity index (χ4v) is 1.04. The molecule has 0 aromatic carbocycles. The van der Waals surface area contributed by atoms with E-state index in [0.29, 0.717) is 6.54 Å². The average molecular weight is 203 g/mol. The molecule has 0 amide bonds. The van der Waals surface area contributed by atoms with Gasteiger partial charge in [-0.1, -0.05) is 13.8 Å². The molecule has 3 N–H and O–H groups in total. The topological polar surface area (TPSA) is 52.5 Å². The molecule has 1 unspecified atom stereocenters. The summed E-state index contributed by atoms with van der Waals surface area (Å²) in [6.45, 7) is 10.1. The van der Waals surface area contributed by atoms with E-state index < -0.39 is 11.7 Å². The van der Waals surface area contributed by atoms with Gasteiger partial charge in [-0.3, -0.25) is 0 Å². The Bertz CT molecular complexity index is 158. The van der Waals surface area contributed by atoms with E-state index in [1.54, 1.807) is 6.92 Å². The number of rotatable bonds is 6. The van der Waals surface area contributed by atoms with Crippen molar-refractivity contribution in [1.82, 2.24) is 5.32 Å². The van der Waals surface area contributed by atoms with E-state index in [0.717, 1.165) is 12.8 Å². The van der Waals surface area contributed by atoms with Crippen LogP contribution in [0.3, 0.4) is 0 Å². The first-order chi connectivity index (χ1) is 6.27. The summed E-state index contributed by atoms with van der Waals surface area (Å²) in [5, 5.41) is 22.7. The highest BCUT2D eigenvalue weighted by molar-refractivity contribution is 4.88. The van der Waals surface area contributed by atoms with Crippen molar-refractivity contribution in [2.24, 2.45) is 0 Å². The van der Waals surface area contributed by atoms with E-state index in [1.807, 2.05) is 27.7 Å². The second-order valence-electron chi connectivity index (χ2n) is 4.68. The number of β-amino-alcohol motifs (C(OH)–C–C–N with tert-alkyl or cyclic N) is 1. The predicted octanol–water partition coefficient (Wildman–Crippen LogP) is 1.29. The maximum absolute atomic E-state index is 10.0. The summed E-state index contributed by atoms with van der Waals surface area (Å²) < 4.78 is 0. The van der Waals surface area contributed by atoms with Gasteiger partial charge in [-0.05, 0) is 33.6 Å². The molecule has 0 bridgehead atoms. The number of aliphatic hydroxyl groups is 2. The highest BCUT2D eigenvalue weighted by Crippen LogP contribution is 2.16. The standard InChI is InChI=1S/C11H25NO2/c1-6-11(14,7-2)8-12-10(4,5)9(3)13/h9,12-14H,6-8H2,1-5H3. The summed E-state index contributed by atoms with van der Waals surface area (Å²) in [6.07, 6.45) is 1.03. The van der Waals surface area contributed by atoms with E-state index in [-0.39, 0.29) is 5.54 Å². The molecular weight excluding hydrogens is 178 g/mol. The summed E-state index contributed by atoms with van der Waals surface area (Å²) in [5.41, 5.74) is -0.996. The van der Waals surface area contributed by atoms with Crippen molar-refractivity contribution >= 4 is 0 Å². The second-order valence-corrected chi connectivity index (χ2v) is 4.68. The zero-order chi connectivity index (χ0) is 11.4. The van der Waals surface area contributed by atoms with E-state index in [2.05, 4.69) is 5.32 Å². The van der Waals surface area contributed by atoms with Gasteiger partial charge < -0.3 is 15.5 Å². The van der Waals surface area contributed by atoms with Crippen molar-refractivity contribution in [3.05, 3.63) is 0 Å². The van der Waals surface area contributed by atoms with Crippen LogP contribution in [0.5, 0.6) is 0 Å². The third-order valence-electron chi connectivity index (χ3n) is 3.23. The molecule has 0 aromatic heterocycles. The predicted molar refractivity (Wildman–Crippen MR) is 59.3 cm³/mol. The molecule has 0 aliphatic heterocycles. The number of hydrogen-bond donors (Lipinski definition) is 3. The molecule has 1 atom stereocenters. The molecule has 14 heavy (non-hydrogen) atoms. The molecule has 0 saturated carbocycles. The smallest absolute Gasteiger partial charge is 0.0766 e. The first kappa shape index (κ1) is 13.9. The Morgan fingerprint density at radius 1 is 1.21 bits per heavy atom. The lowest BCUT2D eigenvalue weighted by Crippen LogP contribution is -2.53. The first-order valence-electron chi connectivity index (χ1n) is 5.43. The van der Waals surface area contributed by atoms with Crippen LogP contribution >= 0.6 is 0 Å². The Morgan fingerprint density at radius 2 is 1.64 bits per heavy atom. The average Bonchev–Trinajstić information content (AvgIpc) is 2.14. The lowest BCUT2D eigenvalue weighted by Gasteiger charge is -2.34. The normalized spacial score (nSPS) is 15.6. The fraction of sp³-hybridized carbons (Fsp3) is 1.00. The molecule has 0 saturated heterocycles. The van der Waals surface area contributed by atoms with Crippen LogP contribution in [0.15, 0.2) is 0 Å². The molecule has 0 spiro atoms. The minimum atomic E-state index is -0.647. The molecule has 0 fully saturated rings. The molecule has 0 aliphatic rings. The van der Waals surface area contributed by atoms with Crippen LogP contribution in [0.25, 0.3) is 0 Å². The fourth-order valence-electron chi connectivity index (χ4n) is 1.04. The third kappa shape index (κ3) is 3.95. The number of nitrogens with one attached hydrogen (secondary N) is 1. The van der Waals surface area contributed by atoms with Gasteiger partial charge in [-0.15, -0.1) is 0 Å². The van der Waals surface area contributed by atoms with E-state index in [9.17, 15) is 10.2 Å². The van der Waals surface area contributed by atoms with Crippen LogP contribution in [0.2, 0.25) is 0 Å². The minimum absolute atomic E-state index is 0.349. The van der Waals surface area contributed by atoms with E-state index in [1.165, 1.54) is 0 Å². The Balaban J connectivity index is 4.16. The molecule has 3 nitrogen and oxygen atoms in total. The van der Waals surface area contributed by atoms with Crippen LogP contribution < -0.4 is 5.32 Å². The first-order valence-corrected chi connectivity index (χ1v) is 5.43. The lowest BCUT2D eigenvalue weighted by atomic mass is 9.93. The van der Waals surface area contributed by atoms with Crippen molar-refractivity contribution in [3.63, 3.8) is 0 Å². The zero-order valence-corrected chi connectivity index (χ0v) is 10.1. The largest absolute Gasteiger partial charge is 0.392 e. The lowest BCUT2D eigenvalue weighted by molar-refractivity contribution is 0.0125. The monoisotopic (exact) mass is 203 g/mol. The van der Waals surface area contributed by atoms with Gasteiger partial charge in [-0.25, -0.2) is 0 Å². The van der Waals surface area contributed by atoms with Crippen LogP contribution in [0.1, 0.15) is 47.5 Å². The quantitative estimate of drug-likeness (QED) is 0.609. The van der Waals surface area contributed by atoms with Gasteiger partial charge >= 0.3 is 0 Å². The van der Waals surface area contributed by atoms with Crippen LogP contribution in [-0.4, -0.2) is 34.0 Å². The Labute approximate surface area is 87.5 Å². The molecule has 0 aromatic rings. The van der Waals surface area contributed by atoms with Gasteiger partial charge in [-0.2, -0.15) is 0 Å². The highest BCUT2D eigenvalue weighted by Gasteiger charge is 2.28. The number of aliphatic hydroxyl groups excluding tert-OH is 1. The number of hydrogen-bond acceptors (Lipinski definition) is 3. The van der Waals surface area contributed by atoms with E-state index in [4.69, 9.17) is 0 Å². The van der Waals surface area contributed by atoms with Crippen LogP contribution in [0.4, 0.5) is 0 Å². The molecule has 0 rings (SSSR count). The molecule has 0 radical (unpaired) electrons. The van der Waals surface area contributed by atoms with Gasteiger partial charge in [0.05, 0.1) is 11.7 Å². The van der Waals surface area contributed by atoms with Crippen molar-refractivity contribution in [2.75, 3.05) is 6.54 Å². The van der Waals surface area contributed by atoms with Gasteiger partial charge in [0.1, 0.15) is 0 Å². The van der Waals surface area contributed by atoms with Gasteiger partial charge in [0, 0.05) is 12.1 Å². The summed E-state index contributed by atoms with van der Waals surface area (Å²) in [4.78, 5) is 0. The maximum atomic E-state index is 10.0. The van der Waals surface area contributed by atoms with E-state index >= 15 is 0 Å². The Kier molecular flexibility index (Phi) is 5.06. The van der Waals surface area contributed by atoms with Crippen molar-refractivity contribution < 1.29 is 10.2 Å². The van der Waals surface area contributed by atoms with Gasteiger partial charge in [0.15, 0.2) is 0 Å². The maximum Gasteiger partial charge on any atom is 0.0766 e. The molecule has 86 valence electrons. The van der Waals surface area contributed by atoms with Crippen LogP contribution in [0, 0.1) is 0 Å². The molecular formula is C11H25NO2. The van der Waals surface area contributed by atoms with Gasteiger partial charge in [0.2, 0.25) is 0 Å². The van der Waals surface area contributed by atoms with Crippen molar-refractivity contribution in [1.29, 1.82) is 0 Å². The Morgan fingerprint density at radius 3 is 1.93 bits per heavy atom.